The van der Waals surface area contributed by atoms with Gasteiger partial charge in [-0.15, -0.1) is 11.3 Å². The van der Waals surface area contributed by atoms with Crippen molar-refractivity contribution in [3.05, 3.63) is 100 Å². The molecule has 3 rings (SSSR count). The lowest BCUT2D eigenvalue weighted by Gasteiger charge is -2.21. The monoisotopic (exact) mass is 333 g/mol. The lowest BCUT2D eigenvalue weighted by molar-refractivity contribution is -0.127. The highest BCUT2D eigenvalue weighted by Crippen LogP contribution is 2.13. The molecule has 0 saturated heterocycles. The molecular weight excluding hydrogens is 314 g/mol. The van der Waals surface area contributed by atoms with Crippen LogP contribution in [-0.4, -0.2) is 10.8 Å². The molecule has 0 N–H and O–H groups in total. The van der Waals surface area contributed by atoms with E-state index in [4.69, 9.17) is 0 Å². The number of benzene rings is 2. The maximum Gasteiger partial charge on any atom is 0.247 e. The van der Waals surface area contributed by atoms with Crippen molar-refractivity contribution >= 4 is 23.3 Å². The van der Waals surface area contributed by atoms with Crippen LogP contribution in [0.1, 0.15) is 16.0 Å². The Morgan fingerprint density at radius 2 is 1.42 bits per heavy atom. The molecule has 0 fully saturated rings. The molecule has 0 atom stereocenters. The number of carbonyl (C=O) groups excluding carboxylic acids is 1. The highest BCUT2D eigenvalue weighted by atomic mass is 32.1. The Labute approximate surface area is 146 Å². The summed E-state index contributed by atoms with van der Waals surface area (Å²) in [6.45, 7) is 1.20. The Hall–Kier alpha value is -2.65. The summed E-state index contributed by atoms with van der Waals surface area (Å²) in [6, 6.07) is 24.2. The summed E-state index contributed by atoms with van der Waals surface area (Å²) >= 11 is 1.63. The average Bonchev–Trinajstić information content (AvgIpc) is 3.14. The standard InChI is InChI=1S/C21H19NOS/c23-21(14-13-20-12-7-15-24-20)22(16-18-8-3-1-4-9-18)17-19-10-5-2-6-11-19/h1-15H,16-17H2. The number of thiophene rings is 1. The first kappa shape index (κ1) is 16.2. The molecule has 0 aliphatic rings. The molecule has 1 heterocycles. The summed E-state index contributed by atoms with van der Waals surface area (Å²) in [5, 5.41) is 2.01. The molecule has 1 amide bonds. The first-order valence-corrected chi connectivity index (χ1v) is 8.77. The van der Waals surface area contributed by atoms with Crippen LogP contribution in [0.4, 0.5) is 0 Å². The molecule has 0 aliphatic carbocycles. The predicted molar refractivity (Wildman–Crippen MR) is 100 cm³/mol. The van der Waals surface area contributed by atoms with Gasteiger partial charge in [0.15, 0.2) is 0 Å². The summed E-state index contributed by atoms with van der Waals surface area (Å²) in [5.74, 6) is 0.0242. The normalized spacial score (nSPS) is 10.8. The summed E-state index contributed by atoms with van der Waals surface area (Å²) in [6.07, 6.45) is 3.55. The quantitative estimate of drug-likeness (QED) is 0.582. The minimum atomic E-state index is 0.0242. The van der Waals surface area contributed by atoms with Gasteiger partial charge in [0.1, 0.15) is 0 Å². The number of hydrogen-bond acceptors (Lipinski definition) is 2. The lowest BCUT2D eigenvalue weighted by Crippen LogP contribution is -2.28. The molecule has 0 aliphatic heterocycles. The average molecular weight is 333 g/mol. The molecule has 0 spiro atoms. The first-order chi connectivity index (χ1) is 11.8. The molecule has 3 aromatic rings. The largest absolute Gasteiger partial charge is 0.331 e. The number of rotatable bonds is 6. The fourth-order valence-electron chi connectivity index (χ4n) is 2.46. The van der Waals surface area contributed by atoms with Gasteiger partial charge in [-0.05, 0) is 28.6 Å². The lowest BCUT2D eigenvalue weighted by atomic mass is 10.1. The summed E-state index contributed by atoms with van der Waals surface area (Å²) in [7, 11) is 0. The van der Waals surface area contributed by atoms with Crippen LogP contribution in [0.3, 0.4) is 0 Å². The second kappa shape index (κ2) is 8.27. The molecule has 2 aromatic carbocycles. The van der Waals surface area contributed by atoms with E-state index >= 15 is 0 Å². The van der Waals surface area contributed by atoms with E-state index in [1.807, 2.05) is 89.2 Å². The maximum atomic E-state index is 12.7. The maximum absolute atomic E-state index is 12.7. The van der Waals surface area contributed by atoms with Crippen LogP contribution in [-0.2, 0) is 17.9 Å². The van der Waals surface area contributed by atoms with Gasteiger partial charge < -0.3 is 4.90 Å². The van der Waals surface area contributed by atoms with Gasteiger partial charge in [-0.25, -0.2) is 0 Å². The van der Waals surface area contributed by atoms with Crippen LogP contribution in [0.5, 0.6) is 0 Å². The summed E-state index contributed by atoms with van der Waals surface area (Å²) in [4.78, 5) is 15.6. The van der Waals surface area contributed by atoms with Gasteiger partial charge in [-0.2, -0.15) is 0 Å². The van der Waals surface area contributed by atoms with Gasteiger partial charge in [0.25, 0.3) is 0 Å². The zero-order chi connectivity index (χ0) is 16.6. The Balaban J connectivity index is 1.76. The van der Waals surface area contributed by atoms with Crippen molar-refractivity contribution in [3.63, 3.8) is 0 Å². The zero-order valence-corrected chi connectivity index (χ0v) is 14.2. The van der Waals surface area contributed by atoms with E-state index in [0.717, 1.165) is 16.0 Å². The van der Waals surface area contributed by atoms with Gasteiger partial charge >= 0.3 is 0 Å². The molecule has 2 nitrogen and oxygen atoms in total. The van der Waals surface area contributed by atoms with Crippen molar-refractivity contribution in [1.29, 1.82) is 0 Å². The van der Waals surface area contributed by atoms with Crippen molar-refractivity contribution in [1.82, 2.24) is 4.90 Å². The number of carbonyl (C=O) groups is 1. The van der Waals surface area contributed by atoms with Crippen LogP contribution < -0.4 is 0 Å². The van der Waals surface area contributed by atoms with Gasteiger partial charge in [-0.1, -0.05) is 66.7 Å². The molecule has 0 radical (unpaired) electrons. The van der Waals surface area contributed by atoms with E-state index < -0.39 is 0 Å². The zero-order valence-electron chi connectivity index (χ0n) is 13.3. The Morgan fingerprint density at radius 3 is 1.92 bits per heavy atom. The number of hydrogen-bond donors (Lipinski definition) is 0. The van der Waals surface area contributed by atoms with E-state index in [0.29, 0.717) is 13.1 Å². The smallest absolute Gasteiger partial charge is 0.247 e. The summed E-state index contributed by atoms with van der Waals surface area (Å²) < 4.78 is 0. The third-order valence-corrected chi connectivity index (χ3v) is 4.52. The Morgan fingerprint density at radius 1 is 0.833 bits per heavy atom. The van der Waals surface area contributed by atoms with Crippen LogP contribution in [0.2, 0.25) is 0 Å². The van der Waals surface area contributed by atoms with E-state index in [1.165, 1.54) is 0 Å². The topological polar surface area (TPSA) is 20.3 Å². The highest BCUT2D eigenvalue weighted by Gasteiger charge is 2.12. The van der Waals surface area contributed by atoms with Crippen molar-refractivity contribution in [2.24, 2.45) is 0 Å². The number of nitrogens with zero attached hydrogens (tertiary/aromatic N) is 1. The molecular formula is C21H19NOS. The third kappa shape index (κ3) is 4.67. The van der Waals surface area contributed by atoms with Crippen molar-refractivity contribution in [2.75, 3.05) is 0 Å². The minimum absolute atomic E-state index is 0.0242. The molecule has 3 heteroatoms. The van der Waals surface area contributed by atoms with E-state index in [1.54, 1.807) is 17.4 Å². The molecule has 0 saturated carbocycles. The Kier molecular flexibility index (Phi) is 5.59. The van der Waals surface area contributed by atoms with Crippen molar-refractivity contribution < 1.29 is 4.79 Å². The van der Waals surface area contributed by atoms with Gasteiger partial charge in [0, 0.05) is 24.0 Å². The van der Waals surface area contributed by atoms with Crippen LogP contribution in [0.25, 0.3) is 6.08 Å². The minimum Gasteiger partial charge on any atom is -0.331 e. The molecule has 0 unspecified atom stereocenters. The second-order valence-electron chi connectivity index (χ2n) is 5.51. The van der Waals surface area contributed by atoms with Gasteiger partial charge in [0.2, 0.25) is 5.91 Å². The van der Waals surface area contributed by atoms with E-state index in [2.05, 4.69) is 0 Å². The predicted octanol–water partition coefficient (Wildman–Crippen LogP) is 4.99. The summed E-state index contributed by atoms with van der Waals surface area (Å²) in [5.41, 5.74) is 2.26. The van der Waals surface area contributed by atoms with Crippen molar-refractivity contribution in [2.45, 2.75) is 13.1 Å². The highest BCUT2D eigenvalue weighted by molar-refractivity contribution is 7.10. The molecule has 0 bridgehead atoms. The van der Waals surface area contributed by atoms with Crippen LogP contribution in [0.15, 0.2) is 84.3 Å². The van der Waals surface area contributed by atoms with Crippen LogP contribution >= 0.6 is 11.3 Å². The fraction of sp³-hybridized carbons (Fsp3) is 0.0952. The van der Waals surface area contributed by atoms with E-state index in [-0.39, 0.29) is 5.91 Å². The molecule has 120 valence electrons. The van der Waals surface area contributed by atoms with E-state index in [9.17, 15) is 4.79 Å². The van der Waals surface area contributed by atoms with Gasteiger partial charge in [-0.3, -0.25) is 4.79 Å². The number of amides is 1. The first-order valence-electron chi connectivity index (χ1n) is 7.89. The Bertz CT molecular complexity index is 738. The third-order valence-electron chi connectivity index (χ3n) is 3.68. The SMILES string of the molecule is O=C(C=Cc1cccs1)N(Cc1ccccc1)Cc1ccccc1. The second-order valence-corrected chi connectivity index (χ2v) is 6.49. The van der Waals surface area contributed by atoms with Crippen LogP contribution in [0, 0.1) is 0 Å². The fourth-order valence-corrected chi connectivity index (χ4v) is 3.08. The molecule has 1 aromatic heterocycles. The van der Waals surface area contributed by atoms with Crippen molar-refractivity contribution in [3.8, 4) is 0 Å². The van der Waals surface area contributed by atoms with Gasteiger partial charge in [0.05, 0.1) is 0 Å². The molecule has 24 heavy (non-hydrogen) atoms.